The summed E-state index contributed by atoms with van der Waals surface area (Å²) in [6.45, 7) is 1.14. The molecule has 1 rings (SSSR count). The van der Waals surface area contributed by atoms with Crippen molar-refractivity contribution in [1.29, 1.82) is 0 Å². The molecule has 108 valence electrons. The van der Waals surface area contributed by atoms with E-state index in [1.165, 1.54) is 0 Å². The molecule has 0 aromatic heterocycles. The Hall–Kier alpha value is -1.83. The van der Waals surface area contributed by atoms with Gasteiger partial charge in [0.2, 0.25) is 5.91 Å². The molecular weight excluding hydrogens is 250 g/mol. The van der Waals surface area contributed by atoms with Gasteiger partial charge in [-0.3, -0.25) is 9.79 Å². The smallest absolute Gasteiger partial charge is 0.326 e. The van der Waals surface area contributed by atoms with E-state index in [2.05, 4.69) is 15.6 Å². The fourth-order valence-electron chi connectivity index (χ4n) is 1.94. The third-order valence-electron chi connectivity index (χ3n) is 2.94. The summed E-state index contributed by atoms with van der Waals surface area (Å²) in [4.78, 5) is 26.6. The molecule has 7 N–H and O–H groups in total. The highest BCUT2D eigenvalue weighted by atomic mass is 16.4. The Morgan fingerprint density at radius 3 is 2.74 bits per heavy atom. The largest absolute Gasteiger partial charge is 0.480 e. The molecule has 1 aliphatic rings. The first kappa shape index (κ1) is 15.2. The molecule has 0 saturated carbocycles. The van der Waals surface area contributed by atoms with Crippen LogP contribution < -0.4 is 22.1 Å². The second-order valence-corrected chi connectivity index (χ2v) is 4.50. The van der Waals surface area contributed by atoms with Crippen molar-refractivity contribution in [3.8, 4) is 0 Å². The van der Waals surface area contributed by atoms with E-state index in [9.17, 15) is 9.59 Å². The molecule has 19 heavy (non-hydrogen) atoms. The van der Waals surface area contributed by atoms with Crippen LogP contribution in [0.15, 0.2) is 4.99 Å². The summed E-state index contributed by atoms with van der Waals surface area (Å²) < 4.78 is 0. The number of carbonyl (C=O) groups is 2. The molecule has 0 bridgehead atoms. The van der Waals surface area contributed by atoms with Gasteiger partial charge in [0.25, 0.3) is 0 Å². The molecular formula is C11H21N5O3. The van der Waals surface area contributed by atoms with Gasteiger partial charge in [0, 0.05) is 6.54 Å². The molecule has 0 aliphatic carbocycles. The average molecular weight is 271 g/mol. The predicted octanol–water partition coefficient (Wildman–Crippen LogP) is -1.64. The van der Waals surface area contributed by atoms with Crippen molar-refractivity contribution in [3.05, 3.63) is 0 Å². The summed E-state index contributed by atoms with van der Waals surface area (Å²) >= 11 is 0. The Bertz CT molecular complexity index is 348. The number of rotatable bonds is 7. The molecule has 0 aromatic rings. The Kier molecular flexibility index (Phi) is 6.07. The third kappa shape index (κ3) is 5.56. The van der Waals surface area contributed by atoms with Crippen LogP contribution in [0.2, 0.25) is 0 Å². The number of hydrogen-bond donors (Lipinski definition) is 5. The van der Waals surface area contributed by atoms with Crippen molar-refractivity contribution in [2.75, 3.05) is 13.1 Å². The molecule has 1 heterocycles. The number of carbonyl (C=O) groups excluding carboxylic acids is 1. The number of nitrogens with zero attached hydrogens (tertiary/aromatic N) is 1. The molecule has 1 fully saturated rings. The molecule has 0 aromatic carbocycles. The van der Waals surface area contributed by atoms with Gasteiger partial charge >= 0.3 is 5.97 Å². The molecule has 0 spiro atoms. The van der Waals surface area contributed by atoms with Gasteiger partial charge < -0.3 is 27.2 Å². The summed E-state index contributed by atoms with van der Waals surface area (Å²) in [7, 11) is 0. The van der Waals surface area contributed by atoms with E-state index >= 15 is 0 Å². The molecule has 8 heteroatoms. The van der Waals surface area contributed by atoms with Crippen LogP contribution in [0.1, 0.15) is 25.7 Å². The van der Waals surface area contributed by atoms with E-state index in [-0.39, 0.29) is 17.9 Å². The van der Waals surface area contributed by atoms with Crippen LogP contribution in [0.25, 0.3) is 0 Å². The molecule has 1 saturated heterocycles. The lowest BCUT2D eigenvalue weighted by Gasteiger charge is -2.17. The van der Waals surface area contributed by atoms with Gasteiger partial charge in [0.05, 0.1) is 6.04 Å². The highest BCUT2D eigenvalue weighted by Gasteiger charge is 2.26. The van der Waals surface area contributed by atoms with E-state index in [0.717, 1.165) is 19.4 Å². The Morgan fingerprint density at radius 2 is 2.21 bits per heavy atom. The van der Waals surface area contributed by atoms with Crippen LogP contribution >= 0.6 is 0 Å². The lowest BCUT2D eigenvalue weighted by molar-refractivity contribution is -0.142. The highest BCUT2D eigenvalue weighted by molar-refractivity contribution is 5.87. The number of nitrogens with one attached hydrogen (secondary N) is 2. The van der Waals surface area contributed by atoms with Crippen molar-refractivity contribution in [1.82, 2.24) is 10.6 Å². The van der Waals surface area contributed by atoms with Crippen molar-refractivity contribution < 1.29 is 14.7 Å². The van der Waals surface area contributed by atoms with Crippen molar-refractivity contribution in [2.45, 2.75) is 37.8 Å². The minimum Gasteiger partial charge on any atom is -0.480 e. The number of hydrogen-bond acceptors (Lipinski definition) is 4. The fraction of sp³-hybridized carbons (Fsp3) is 0.727. The number of nitrogens with two attached hydrogens (primary N) is 2. The van der Waals surface area contributed by atoms with Crippen molar-refractivity contribution in [2.24, 2.45) is 16.5 Å². The number of carboxylic acids is 1. The standard InChI is InChI=1S/C11H21N5O3/c12-11(13)15-6-2-4-8(10(18)19)16-9(17)7-3-1-5-14-7/h7-8,14H,1-6H2,(H,16,17)(H,18,19)(H4,12,13,15)/t7-,8+/m0/s1. The van der Waals surface area contributed by atoms with Crippen LogP contribution in [0.3, 0.4) is 0 Å². The van der Waals surface area contributed by atoms with Gasteiger partial charge in [-0.25, -0.2) is 4.79 Å². The quantitative estimate of drug-likeness (QED) is 0.213. The molecule has 8 nitrogen and oxygen atoms in total. The summed E-state index contributed by atoms with van der Waals surface area (Å²) in [5.74, 6) is -1.33. The highest BCUT2D eigenvalue weighted by Crippen LogP contribution is 2.06. The first-order valence-electron chi connectivity index (χ1n) is 6.32. The Morgan fingerprint density at radius 1 is 1.47 bits per heavy atom. The van der Waals surface area contributed by atoms with Gasteiger partial charge in [-0.05, 0) is 32.2 Å². The van der Waals surface area contributed by atoms with E-state index in [4.69, 9.17) is 16.6 Å². The number of aliphatic imine (C=N–C) groups is 1. The molecule has 1 aliphatic heterocycles. The molecule has 0 unspecified atom stereocenters. The van der Waals surface area contributed by atoms with Crippen LogP contribution in [0.5, 0.6) is 0 Å². The van der Waals surface area contributed by atoms with E-state index in [0.29, 0.717) is 19.4 Å². The number of amides is 1. The zero-order valence-electron chi connectivity index (χ0n) is 10.8. The predicted molar refractivity (Wildman–Crippen MR) is 70.5 cm³/mol. The van der Waals surface area contributed by atoms with Crippen LogP contribution in [-0.2, 0) is 9.59 Å². The minimum atomic E-state index is -1.05. The van der Waals surface area contributed by atoms with Crippen molar-refractivity contribution >= 4 is 17.8 Å². The maximum Gasteiger partial charge on any atom is 0.326 e. The minimum absolute atomic E-state index is 0.0222. The topological polar surface area (TPSA) is 143 Å². The Labute approximate surface area is 111 Å². The van der Waals surface area contributed by atoms with Gasteiger partial charge in [0.15, 0.2) is 5.96 Å². The van der Waals surface area contributed by atoms with Gasteiger partial charge in [-0.1, -0.05) is 0 Å². The van der Waals surface area contributed by atoms with Gasteiger partial charge in [-0.15, -0.1) is 0 Å². The average Bonchev–Trinajstić information content (AvgIpc) is 2.85. The molecule has 1 amide bonds. The summed E-state index contributed by atoms with van der Waals surface area (Å²) in [5, 5.41) is 14.6. The first-order chi connectivity index (χ1) is 9.00. The van der Waals surface area contributed by atoms with Crippen LogP contribution in [0, 0.1) is 0 Å². The number of aliphatic carboxylic acids is 1. The lowest BCUT2D eigenvalue weighted by atomic mass is 10.1. The van der Waals surface area contributed by atoms with E-state index in [1.54, 1.807) is 0 Å². The van der Waals surface area contributed by atoms with Gasteiger partial charge in [-0.2, -0.15) is 0 Å². The van der Waals surface area contributed by atoms with Crippen LogP contribution in [0.4, 0.5) is 0 Å². The molecule has 0 radical (unpaired) electrons. The lowest BCUT2D eigenvalue weighted by Crippen LogP contribution is -2.48. The summed E-state index contributed by atoms with van der Waals surface area (Å²) in [5.41, 5.74) is 10.3. The summed E-state index contributed by atoms with van der Waals surface area (Å²) in [6.07, 6.45) is 2.46. The van der Waals surface area contributed by atoms with Gasteiger partial charge in [0.1, 0.15) is 6.04 Å². The molecule has 2 atom stereocenters. The monoisotopic (exact) mass is 271 g/mol. The second-order valence-electron chi connectivity index (χ2n) is 4.50. The summed E-state index contributed by atoms with van der Waals surface area (Å²) in [6, 6.07) is -1.18. The first-order valence-corrected chi connectivity index (χ1v) is 6.32. The zero-order chi connectivity index (χ0) is 14.3. The van der Waals surface area contributed by atoms with E-state index in [1.807, 2.05) is 0 Å². The number of guanidine groups is 1. The Balaban J connectivity index is 2.37. The second kappa shape index (κ2) is 7.57. The SMILES string of the molecule is NC(N)=NCCC[C@@H](NC(=O)[C@@H]1CCCN1)C(=O)O. The normalized spacial score (nSPS) is 19.7. The van der Waals surface area contributed by atoms with Crippen LogP contribution in [-0.4, -0.2) is 48.1 Å². The maximum atomic E-state index is 11.8. The number of carboxylic acid groups (broad SMARTS) is 1. The van der Waals surface area contributed by atoms with Crippen molar-refractivity contribution in [3.63, 3.8) is 0 Å². The zero-order valence-corrected chi connectivity index (χ0v) is 10.8. The maximum absolute atomic E-state index is 11.8. The third-order valence-corrected chi connectivity index (χ3v) is 2.94. The fourth-order valence-corrected chi connectivity index (χ4v) is 1.94. The van der Waals surface area contributed by atoms with E-state index < -0.39 is 12.0 Å².